The second-order valence-electron chi connectivity index (χ2n) is 7.24. The minimum atomic E-state index is -0.487. The van der Waals surface area contributed by atoms with Gasteiger partial charge in [-0.15, -0.1) is 0 Å². The largest absolute Gasteiger partial charge is 0.459 e. The maximum atomic E-state index is 12.1. The van der Waals surface area contributed by atoms with Crippen LogP contribution in [0.2, 0.25) is 0 Å². The third-order valence-electron chi connectivity index (χ3n) is 4.91. The molecule has 2 amide bonds. The normalized spacial score (nSPS) is 13.2. The predicted molar refractivity (Wildman–Crippen MR) is 112 cm³/mol. The molecule has 1 saturated heterocycles. The van der Waals surface area contributed by atoms with E-state index in [4.69, 9.17) is 9.15 Å². The van der Waals surface area contributed by atoms with E-state index in [1.165, 1.54) is 19.1 Å². The lowest BCUT2D eigenvalue weighted by atomic mass is 10.1. The lowest BCUT2D eigenvalue weighted by Gasteiger charge is -2.19. The Labute approximate surface area is 175 Å². The minimum Gasteiger partial charge on any atom is -0.459 e. The van der Waals surface area contributed by atoms with Crippen LogP contribution in [-0.2, 0) is 14.3 Å². The van der Waals surface area contributed by atoms with Gasteiger partial charge in [-0.25, -0.2) is 0 Å². The Bertz CT molecular complexity index is 873. The minimum absolute atomic E-state index is 0.106. The summed E-state index contributed by atoms with van der Waals surface area (Å²) in [5.41, 5.74) is 2.83. The van der Waals surface area contributed by atoms with Gasteiger partial charge in [-0.1, -0.05) is 0 Å². The van der Waals surface area contributed by atoms with E-state index in [1.807, 2.05) is 19.1 Å². The third-order valence-corrected chi connectivity index (χ3v) is 4.91. The summed E-state index contributed by atoms with van der Waals surface area (Å²) < 4.78 is 9.99. The van der Waals surface area contributed by atoms with Crippen LogP contribution in [0.25, 0.3) is 0 Å². The number of amides is 2. The van der Waals surface area contributed by atoms with Crippen LogP contribution in [0.3, 0.4) is 0 Å². The van der Waals surface area contributed by atoms with Crippen molar-refractivity contribution in [1.82, 2.24) is 5.32 Å². The Morgan fingerprint density at radius 2 is 1.97 bits per heavy atom. The molecule has 3 rings (SSSR count). The maximum absolute atomic E-state index is 12.1. The van der Waals surface area contributed by atoms with Gasteiger partial charge in [-0.3, -0.25) is 14.4 Å². The zero-order valence-corrected chi connectivity index (χ0v) is 17.1. The third kappa shape index (κ3) is 6.10. The van der Waals surface area contributed by atoms with Gasteiger partial charge in [0.15, 0.2) is 12.4 Å². The van der Waals surface area contributed by atoms with Crippen LogP contribution in [0, 0.1) is 6.92 Å². The number of carbonyl (C=O) groups is 3. The molecule has 0 bridgehead atoms. The van der Waals surface area contributed by atoms with Crippen molar-refractivity contribution in [3.05, 3.63) is 47.9 Å². The molecule has 0 unspecified atom stereocenters. The molecule has 0 saturated carbocycles. The van der Waals surface area contributed by atoms with Crippen molar-refractivity contribution >= 4 is 29.2 Å². The molecular weight excluding hydrogens is 386 g/mol. The van der Waals surface area contributed by atoms with Gasteiger partial charge in [-0.2, -0.15) is 0 Å². The summed E-state index contributed by atoms with van der Waals surface area (Å²) in [6.07, 6.45) is 4.35. The Hall–Kier alpha value is -3.29. The van der Waals surface area contributed by atoms with E-state index in [0.29, 0.717) is 18.7 Å². The first kappa shape index (κ1) is 21.4. The van der Waals surface area contributed by atoms with Gasteiger partial charge in [0.2, 0.25) is 0 Å². The molecule has 0 radical (unpaired) electrons. The Balaban J connectivity index is 1.34. The lowest BCUT2D eigenvalue weighted by Crippen LogP contribution is -2.25. The van der Waals surface area contributed by atoms with E-state index in [1.54, 1.807) is 12.1 Å². The zero-order chi connectivity index (χ0) is 21.3. The van der Waals surface area contributed by atoms with Crippen LogP contribution < -0.4 is 15.5 Å². The number of anilines is 2. The Kier molecular flexibility index (Phi) is 7.48. The molecule has 2 aromatic rings. The maximum Gasteiger partial charge on any atom is 0.306 e. The molecule has 1 aromatic carbocycles. The lowest BCUT2D eigenvalue weighted by molar-refractivity contribution is -0.147. The molecule has 1 fully saturated rings. The summed E-state index contributed by atoms with van der Waals surface area (Å²) in [4.78, 5) is 37.9. The molecular formula is C22H27N3O5. The number of aryl methyl sites for hydroxylation is 1. The summed E-state index contributed by atoms with van der Waals surface area (Å²) in [5, 5.41) is 5.42. The molecule has 8 nitrogen and oxygen atoms in total. The predicted octanol–water partition coefficient (Wildman–Crippen LogP) is 2.88. The van der Waals surface area contributed by atoms with Gasteiger partial charge >= 0.3 is 5.97 Å². The highest BCUT2D eigenvalue weighted by Crippen LogP contribution is 2.25. The second kappa shape index (κ2) is 10.5. The monoisotopic (exact) mass is 413 g/mol. The van der Waals surface area contributed by atoms with Crippen LogP contribution >= 0.6 is 0 Å². The molecule has 30 heavy (non-hydrogen) atoms. The van der Waals surface area contributed by atoms with Crippen molar-refractivity contribution in [2.75, 3.05) is 36.5 Å². The van der Waals surface area contributed by atoms with Crippen LogP contribution in [0.4, 0.5) is 11.4 Å². The summed E-state index contributed by atoms with van der Waals surface area (Å²) in [5.74, 6) is -0.984. The van der Waals surface area contributed by atoms with Gasteiger partial charge < -0.3 is 24.7 Å². The highest BCUT2D eigenvalue weighted by molar-refractivity contribution is 5.93. The number of nitrogens with one attached hydrogen (secondary N) is 2. The number of nitrogens with zero attached hydrogens (tertiary/aromatic N) is 1. The van der Waals surface area contributed by atoms with E-state index >= 15 is 0 Å². The molecule has 8 heteroatoms. The number of hydrogen-bond donors (Lipinski definition) is 2. The smallest absolute Gasteiger partial charge is 0.306 e. The molecule has 160 valence electrons. The van der Waals surface area contributed by atoms with Gasteiger partial charge in [0.05, 0.1) is 6.26 Å². The van der Waals surface area contributed by atoms with E-state index in [-0.39, 0.29) is 30.6 Å². The molecule has 1 aliphatic heterocycles. The zero-order valence-electron chi connectivity index (χ0n) is 17.1. The van der Waals surface area contributed by atoms with Crippen molar-refractivity contribution in [2.45, 2.75) is 32.6 Å². The fourth-order valence-electron chi connectivity index (χ4n) is 3.29. The van der Waals surface area contributed by atoms with E-state index in [2.05, 4.69) is 21.6 Å². The van der Waals surface area contributed by atoms with E-state index in [0.717, 1.165) is 24.3 Å². The summed E-state index contributed by atoms with van der Waals surface area (Å²) in [6.45, 7) is 4.04. The molecule has 2 heterocycles. The van der Waals surface area contributed by atoms with Crippen molar-refractivity contribution in [1.29, 1.82) is 0 Å². The number of furan rings is 1. The number of benzene rings is 1. The van der Waals surface area contributed by atoms with E-state index in [9.17, 15) is 14.4 Å². The first-order valence-corrected chi connectivity index (χ1v) is 10.2. The molecule has 1 aliphatic rings. The fraction of sp³-hybridized carbons (Fsp3) is 0.409. The molecule has 2 N–H and O–H groups in total. The second-order valence-corrected chi connectivity index (χ2v) is 7.24. The Morgan fingerprint density at radius 1 is 1.17 bits per heavy atom. The number of hydrogen-bond acceptors (Lipinski definition) is 6. The number of esters is 1. The number of rotatable bonds is 9. The SMILES string of the molecule is Cc1cc(N2CCCC2)ccc1NC(=O)COC(=O)CCCNC(=O)c1ccco1. The topological polar surface area (TPSA) is 101 Å². The van der Waals surface area contributed by atoms with Crippen LogP contribution in [0.15, 0.2) is 41.0 Å². The van der Waals surface area contributed by atoms with Gasteiger partial charge in [0, 0.05) is 37.4 Å². The molecule has 0 spiro atoms. The average Bonchev–Trinajstić information content (AvgIpc) is 3.45. The average molecular weight is 413 g/mol. The van der Waals surface area contributed by atoms with Crippen molar-refractivity contribution in [2.24, 2.45) is 0 Å². The Morgan fingerprint density at radius 3 is 2.67 bits per heavy atom. The standard InChI is InChI=1S/C22H27N3O5/c1-16-14-17(25-11-2-3-12-25)8-9-18(16)24-20(26)15-30-21(27)7-4-10-23-22(28)19-6-5-13-29-19/h5-6,8-9,13-14H,2-4,7,10-12,15H2,1H3,(H,23,28)(H,24,26). The van der Waals surface area contributed by atoms with Gasteiger partial charge in [0.1, 0.15) is 0 Å². The highest BCUT2D eigenvalue weighted by Gasteiger charge is 2.14. The first-order valence-electron chi connectivity index (χ1n) is 10.2. The quantitative estimate of drug-likeness (QED) is 0.484. The highest BCUT2D eigenvalue weighted by atomic mass is 16.5. The number of carbonyl (C=O) groups excluding carboxylic acids is 3. The summed E-state index contributed by atoms with van der Waals surface area (Å²) in [7, 11) is 0. The van der Waals surface area contributed by atoms with Gasteiger partial charge in [0.25, 0.3) is 11.8 Å². The van der Waals surface area contributed by atoms with Gasteiger partial charge in [-0.05, 0) is 62.1 Å². The van der Waals surface area contributed by atoms with Crippen LogP contribution in [0.1, 0.15) is 41.8 Å². The first-order chi connectivity index (χ1) is 14.5. The molecule has 0 aliphatic carbocycles. The van der Waals surface area contributed by atoms with Crippen LogP contribution in [-0.4, -0.2) is 44.0 Å². The van der Waals surface area contributed by atoms with Crippen LogP contribution in [0.5, 0.6) is 0 Å². The van der Waals surface area contributed by atoms with Crippen molar-refractivity contribution < 1.29 is 23.5 Å². The number of ether oxygens (including phenoxy) is 1. The van der Waals surface area contributed by atoms with Crippen molar-refractivity contribution in [3.63, 3.8) is 0 Å². The summed E-state index contributed by atoms with van der Waals surface area (Å²) >= 11 is 0. The van der Waals surface area contributed by atoms with Crippen molar-refractivity contribution in [3.8, 4) is 0 Å². The molecule has 0 atom stereocenters. The summed E-state index contributed by atoms with van der Waals surface area (Å²) in [6, 6.07) is 9.12. The van der Waals surface area contributed by atoms with E-state index < -0.39 is 5.97 Å². The fourth-order valence-corrected chi connectivity index (χ4v) is 3.29. The molecule has 1 aromatic heterocycles.